The predicted octanol–water partition coefficient (Wildman–Crippen LogP) is 4.33. The van der Waals surface area contributed by atoms with Crippen LogP contribution >= 0.6 is 35.3 Å². The Balaban J connectivity index is 0.00000364. The van der Waals surface area contributed by atoms with Gasteiger partial charge in [0.15, 0.2) is 5.96 Å². The smallest absolute Gasteiger partial charge is 0.191 e. The van der Waals surface area contributed by atoms with Crippen molar-refractivity contribution < 1.29 is 4.74 Å². The number of hydrogen-bond donors (Lipinski definition) is 2. The number of aryl methyl sites for hydroxylation is 2. The zero-order valence-electron chi connectivity index (χ0n) is 16.5. The van der Waals surface area contributed by atoms with Gasteiger partial charge in [0.05, 0.1) is 17.3 Å². The number of nitrogens with one attached hydrogen (secondary N) is 2. The third-order valence-electron chi connectivity index (χ3n) is 3.80. The van der Waals surface area contributed by atoms with Crippen molar-refractivity contribution in [1.29, 1.82) is 0 Å². The van der Waals surface area contributed by atoms with Crippen LogP contribution in [-0.2, 0) is 6.42 Å². The Hall–Kier alpha value is -1.35. The summed E-state index contributed by atoms with van der Waals surface area (Å²) in [6.07, 6.45) is 2.92. The van der Waals surface area contributed by atoms with Crippen molar-refractivity contribution in [2.45, 2.75) is 40.0 Å². The number of nitrogens with zero attached hydrogens (tertiary/aromatic N) is 2. The normalized spacial score (nSPS) is 11.0. The summed E-state index contributed by atoms with van der Waals surface area (Å²) in [6.45, 7) is 9.42. The maximum Gasteiger partial charge on any atom is 0.191 e. The number of aliphatic imine (C=N–C) groups is 1. The summed E-state index contributed by atoms with van der Waals surface area (Å²) in [6, 6.07) is 8.18. The van der Waals surface area contributed by atoms with Crippen molar-refractivity contribution >= 4 is 41.3 Å². The van der Waals surface area contributed by atoms with E-state index in [-0.39, 0.29) is 24.0 Å². The summed E-state index contributed by atoms with van der Waals surface area (Å²) in [7, 11) is 0. The van der Waals surface area contributed by atoms with Crippen molar-refractivity contribution in [3.05, 3.63) is 45.9 Å². The molecule has 7 heteroatoms. The van der Waals surface area contributed by atoms with E-state index in [1.54, 1.807) is 11.3 Å². The molecule has 1 aromatic carbocycles. The van der Waals surface area contributed by atoms with Gasteiger partial charge in [0, 0.05) is 31.4 Å². The van der Waals surface area contributed by atoms with Crippen molar-refractivity contribution in [2.75, 3.05) is 26.2 Å². The topological polar surface area (TPSA) is 58.5 Å². The van der Waals surface area contributed by atoms with Gasteiger partial charge in [0.2, 0.25) is 0 Å². The molecular formula is C20H31IN4OS. The van der Waals surface area contributed by atoms with Gasteiger partial charge in [-0.15, -0.1) is 35.3 Å². The lowest BCUT2D eigenvalue weighted by atomic mass is 10.2. The number of ether oxygens (including phenoxy) is 1. The van der Waals surface area contributed by atoms with E-state index in [9.17, 15) is 0 Å². The highest BCUT2D eigenvalue weighted by Crippen LogP contribution is 2.11. The number of unbranched alkanes of at least 4 members (excludes halogenated alkanes) is 1. The van der Waals surface area contributed by atoms with Crippen LogP contribution in [0.4, 0.5) is 0 Å². The molecule has 0 aliphatic carbocycles. The van der Waals surface area contributed by atoms with Crippen LogP contribution in [0.15, 0.2) is 34.6 Å². The monoisotopic (exact) mass is 502 g/mol. The van der Waals surface area contributed by atoms with Crippen LogP contribution in [-0.4, -0.2) is 37.2 Å². The van der Waals surface area contributed by atoms with Gasteiger partial charge in [-0.25, -0.2) is 4.98 Å². The molecule has 0 amide bonds. The molecule has 0 aliphatic rings. The lowest BCUT2D eigenvalue weighted by molar-refractivity contribution is 0.308. The second-order valence-corrected chi connectivity index (χ2v) is 7.23. The van der Waals surface area contributed by atoms with Gasteiger partial charge in [-0.1, -0.05) is 17.7 Å². The van der Waals surface area contributed by atoms with E-state index in [2.05, 4.69) is 52.0 Å². The highest BCUT2D eigenvalue weighted by molar-refractivity contribution is 14.0. The van der Waals surface area contributed by atoms with Gasteiger partial charge in [-0.05, 0) is 45.7 Å². The van der Waals surface area contributed by atoms with Crippen LogP contribution in [0.3, 0.4) is 0 Å². The molecule has 150 valence electrons. The van der Waals surface area contributed by atoms with Gasteiger partial charge in [0.1, 0.15) is 5.75 Å². The fourth-order valence-corrected chi connectivity index (χ4v) is 3.05. The van der Waals surface area contributed by atoms with Gasteiger partial charge >= 0.3 is 0 Å². The maximum absolute atomic E-state index is 5.75. The average molecular weight is 502 g/mol. The summed E-state index contributed by atoms with van der Waals surface area (Å²) in [5, 5.41) is 9.90. The molecule has 2 rings (SSSR count). The van der Waals surface area contributed by atoms with Gasteiger partial charge in [-0.2, -0.15) is 0 Å². The number of aromatic nitrogens is 1. The van der Waals surface area contributed by atoms with Crippen molar-refractivity contribution in [3.8, 4) is 5.75 Å². The first-order valence-electron chi connectivity index (χ1n) is 9.30. The van der Waals surface area contributed by atoms with E-state index >= 15 is 0 Å². The number of benzene rings is 1. The molecule has 0 saturated heterocycles. The maximum atomic E-state index is 5.75. The summed E-state index contributed by atoms with van der Waals surface area (Å²) in [5.41, 5.74) is 2.39. The van der Waals surface area contributed by atoms with Gasteiger partial charge < -0.3 is 15.4 Å². The largest absolute Gasteiger partial charge is 0.494 e. The molecule has 2 N–H and O–H groups in total. The predicted molar refractivity (Wildman–Crippen MR) is 126 cm³/mol. The molecule has 0 spiro atoms. The lowest BCUT2D eigenvalue weighted by Crippen LogP contribution is -2.38. The summed E-state index contributed by atoms with van der Waals surface area (Å²) in [4.78, 5) is 9.11. The molecule has 0 unspecified atom stereocenters. The van der Waals surface area contributed by atoms with E-state index in [4.69, 9.17) is 4.74 Å². The number of rotatable bonds is 10. The molecule has 0 bridgehead atoms. The minimum absolute atomic E-state index is 0. The second kappa shape index (κ2) is 13.8. The van der Waals surface area contributed by atoms with Crippen LogP contribution in [0.5, 0.6) is 5.75 Å². The van der Waals surface area contributed by atoms with Crippen LogP contribution in [0.2, 0.25) is 0 Å². The standard InChI is InChI=1S/C20H30N4OS.HI/c1-4-21-20(23-13-11-18-15-26-17(3)24-18)22-12-5-6-14-25-19-9-7-16(2)8-10-19;/h7-10,15H,4-6,11-14H2,1-3H3,(H2,21,22,23);1H. The first-order chi connectivity index (χ1) is 12.7. The third kappa shape index (κ3) is 9.95. The van der Waals surface area contributed by atoms with Crippen LogP contribution in [0.25, 0.3) is 0 Å². The Morgan fingerprint density at radius 3 is 2.59 bits per heavy atom. The summed E-state index contributed by atoms with van der Waals surface area (Å²) < 4.78 is 5.75. The molecule has 0 aliphatic heterocycles. The highest BCUT2D eigenvalue weighted by atomic mass is 127. The summed E-state index contributed by atoms with van der Waals surface area (Å²) >= 11 is 1.70. The first-order valence-corrected chi connectivity index (χ1v) is 10.2. The van der Waals surface area contributed by atoms with Crippen molar-refractivity contribution in [1.82, 2.24) is 15.6 Å². The van der Waals surface area contributed by atoms with Gasteiger partial charge in [-0.3, -0.25) is 4.99 Å². The molecule has 0 fully saturated rings. The van der Waals surface area contributed by atoms with E-state index in [1.807, 2.05) is 19.1 Å². The molecule has 1 heterocycles. The third-order valence-corrected chi connectivity index (χ3v) is 4.62. The van der Waals surface area contributed by atoms with Crippen molar-refractivity contribution in [2.24, 2.45) is 4.99 Å². The zero-order valence-corrected chi connectivity index (χ0v) is 19.6. The Kier molecular flexibility index (Phi) is 12.1. The van der Waals surface area contributed by atoms with Crippen LogP contribution in [0.1, 0.15) is 36.0 Å². The molecule has 0 atom stereocenters. The molecule has 0 saturated carbocycles. The number of hydrogen-bond acceptors (Lipinski definition) is 4. The number of thiazole rings is 1. The molecular weight excluding hydrogens is 471 g/mol. The number of halogens is 1. The van der Waals surface area contributed by atoms with E-state index in [0.29, 0.717) is 0 Å². The molecule has 0 radical (unpaired) electrons. The molecule has 1 aromatic heterocycles. The molecule has 27 heavy (non-hydrogen) atoms. The van der Waals surface area contributed by atoms with E-state index in [1.165, 1.54) is 5.56 Å². The number of guanidine groups is 1. The zero-order chi connectivity index (χ0) is 18.6. The quantitative estimate of drug-likeness (QED) is 0.220. The highest BCUT2D eigenvalue weighted by Gasteiger charge is 2.00. The minimum Gasteiger partial charge on any atom is -0.494 e. The SMILES string of the molecule is CCNC(=NCCCCOc1ccc(C)cc1)NCCc1csc(C)n1.I. The Morgan fingerprint density at radius 2 is 1.93 bits per heavy atom. The molecule has 2 aromatic rings. The Labute approximate surface area is 184 Å². The van der Waals surface area contributed by atoms with Crippen molar-refractivity contribution in [3.63, 3.8) is 0 Å². The Bertz CT molecular complexity index is 673. The fraction of sp³-hybridized carbons (Fsp3) is 0.500. The minimum atomic E-state index is 0. The molecule has 5 nitrogen and oxygen atoms in total. The van der Waals surface area contributed by atoms with E-state index < -0.39 is 0 Å². The summed E-state index contributed by atoms with van der Waals surface area (Å²) in [5.74, 6) is 1.81. The van der Waals surface area contributed by atoms with E-state index in [0.717, 1.165) is 67.9 Å². The Morgan fingerprint density at radius 1 is 1.15 bits per heavy atom. The van der Waals surface area contributed by atoms with Crippen LogP contribution in [0, 0.1) is 13.8 Å². The average Bonchev–Trinajstić information content (AvgIpc) is 3.04. The van der Waals surface area contributed by atoms with Gasteiger partial charge in [0.25, 0.3) is 0 Å². The first kappa shape index (κ1) is 23.7. The lowest BCUT2D eigenvalue weighted by Gasteiger charge is -2.11. The fourth-order valence-electron chi connectivity index (χ4n) is 2.40. The second-order valence-electron chi connectivity index (χ2n) is 6.16. The van der Waals surface area contributed by atoms with Crippen LogP contribution < -0.4 is 15.4 Å².